The highest BCUT2D eigenvalue weighted by Crippen LogP contribution is 2.12. The number of ether oxygens (including phenoxy) is 1. The Bertz CT molecular complexity index is 483. The number of methoxy groups -OCH3 is 1. The van der Waals surface area contributed by atoms with Crippen molar-refractivity contribution in [3.63, 3.8) is 0 Å². The molecule has 0 radical (unpaired) electrons. The molecule has 82 valence electrons. The fraction of sp³-hybridized carbons (Fsp3) is 0.182. The normalized spacial score (nSPS) is 14.3. The largest absolute Gasteiger partial charge is 0.465 e. The highest BCUT2D eigenvalue weighted by Gasteiger charge is 2.18. The number of thiocarbonyl (C=S) groups is 1. The van der Waals surface area contributed by atoms with Gasteiger partial charge in [-0.3, -0.25) is 4.99 Å². The summed E-state index contributed by atoms with van der Waals surface area (Å²) < 4.78 is 4.71. The summed E-state index contributed by atoms with van der Waals surface area (Å²) in [6, 6.07) is 7.13. The maximum absolute atomic E-state index is 11.5. The van der Waals surface area contributed by atoms with Gasteiger partial charge in [0.1, 0.15) is 10.8 Å². The molecular weight excluding hydrogens is 224 g/mol. The van der Waals surface area contributed by atoms with Crippen molar-refractivity contribution in [3.8, 4) is 0 Å². The third-order valence-electron chi connectivity index (χ3n) is 2.23. The molecule has 1 aliphatic heterocycles. The zero-order chi connectivity index (χ0) is 11.5. The summed E-state index contributed by atoms with van der Waals surface area (Å²) in [4.78, 5) is 16.4. The molecule has 0 atom stereocenters. The number of esters is 1. The molecule has 1 N–H and O–H groups in total. The van der Waals surface area contributed by atoms with Crippen molar-refractivity contribution in [2.75, 3.05) is 13.7 Å². The fourth-order valence-electron chi connectivity index (χ4n) is 1.49. The summed E-state index contributed by atoms with van der Waals surface area (Å²) in [5.74, 6) is 0.254. The zero-order valence-electron chi connectivity index (χ0n) is 8.69. The van der Waals surface area contributed by atoms with Gasteiger partial charge in [-0.15, -0.1) is 0 Å². The van der Waals surface area contributed by atoms with Gasteiger partial charge in [0.25, 0.3) is 0 Å². The van der Waals surface area contributed by atoms with E-state index in [-0.39, 0.29) is 5.97 Å². The minimum absolute atomic E-state index is 0.377. The van der Waals surface area contributed by atoms with Gasteiger partial charge in [0.2, 0.25) is 0 Å². The van der Waals surface area contributed by atoms with Crippen molar-refractivity contribution in [3.05, 3.63) is 35.4 Å². The molecule has 0 saturated heterocycles. The molecule has 0 aromatic heterocycles. The number of carbonyl (C=O) groups excluding carboxylic acids is 1. The van der Waals surface area contributed by atoms with Crippen LogP contribution in [0.2, 0.25) is 0 Å². The number of nitrogens with zero attached hydrogens (tertiary/aromatic N) is 1. The van der Waals surface area contributed by atoms with E-state index in [9.17, 15) is 4.79 Å². The molecule has 0 spiro atoms. The number of amidine groups is 1. The van der Waals surface area contributed by atoms with Crippen LogP contribution in [0.15, 0.2) is 29.3 Å². The van der Waals surface area contributed by atoms with E-state index in [4.69, 9.17) is 17.0 Å². The van der Waals surface area contributed by atoms with Gasteiger partial charge in [-0.05, 0) is 6.07 Å². The Morgan fingerprint density at radius 1 is 1.50 bits per heavy atom. The smallest absolute Gasteiger partial charge is 0.338 e. The molecule has 1 aromatic carbocycles. The number of rotatable bonds is 2. The molecule has 0 fully saturated rings. The molecule has 0 aliphatic carbocycles. The predicted molar refractivity (Wildman–Crippen MR) is 64.9 cm³/mol. The lowest BCUT2D eigenvalue weighted by molar-refractivity contribution is 0.0600. The second-order valence-electron chi connectivity index (χ2n) is 3.25. The molecule has 2 rings (SSSR count). The summed E-state index contributed by atoms with van der Waals surface area (Å²) in [5, 5.41) is 2.96. The predicted octanol–water partition coefficient (Wildman–Crippen LogP) is 1.15. The van der Waals surface area contributed by atoms with E-state index in [1.54, 1.807) is 12.1 Å². The number of carbonyl (C=O) groups is 1. The van der Waals surface area contributed by atoms with E-state index >= 15 is 0 Å². The van der Waals surface area contributed by atoms with Gasteiger partial charge < -0.3 is 10.1 Å². The van der Waals surface area contributed by atoms with Gasteiger partial charge >= 0.3 is 5.97 Å². The van der Waals surface area contributed by atoms with Crippen molar-refractivity contribution in [2.24, 2.45) is 4.99 Å². The van der Waals surface area contributed by atoms with Crippen molar-refractivity contribution in [1.82, 2.24) is 5.32 Å². The first-order valence-electron chi connectivity index (χ1n) is 4.74. The summed E-state index contributed by atoms with van der Waals surface area (Å²) >= 11 is 4.99. The van der Waals surface area contributed by atoms with Gasteiger partial charge in [0, 0.05) is 5.56 Å². The summed E-state index contributed by atoms with van der Waals surface area (Å²) in [6.45, 7) is 0.472. The lowest BCUT2D eigenvalue weighted by atomic mass is 10.1. The Morgan fingerprint density at radius 3 is 2.88 bits per heavy atom. The highest BCUT2D eigenvalue weighted by atomic mass is 32.1. The Balaban J connectivity index is 2.41. The molecule has 5 heteroatoms. The lowest BCUT2D eigenvalue weighted by Gasteiger charge is -2.07. The van der Waals surface area contributed by atoms with Crippen LogP contribution in [0.1, 0.15) is 15.9 Å². The van der Waals surface area contributed by atoms with Crippen LogP contribution in [-0.2, 0) is 4.74 Å². The van der Waals surface area contributed by atoms with Crippen LogP contribution in [0.4, 0.5) is 0 Å². The van der Waals surface area contributed by atoms with Crippen LogP contribution in [0.25, 0.3) is 0 Å². The van der Waals surface area contributed by atoms with Crippen molar-refractivity contribution >= 4 is 29.0 Å². The first-order chi connectivity index (χ1) is 7.72. The molecule has 0 amide bonds. The monoisotopic (exact) mass is 234 g/mol. The van der Waals surface area contributed by atoms with E-state index in [0.717, 1.165) is 0 Å². The van der Waals surface area contributed by atoms with E-state index < -0.39 is 0 Å². The fourth-order valence-corrected chi connectivity index (χ4v) is 1.65. The maximum Gasteiger partial charge on any atom is 0.338 e. The van der Waals surface area contributed by atoms with E-state index in [2.05, 4.69) is 10.3 Å². The molecule has 1 aliphatic rings. The third-order valence-corrected chi connectivity index (χ3v) is 2.46. The Morgan fingerprint density at radius 2 is 2.25 bits per heavy atom. The standard InChI is InChI=1S/C11H10N2O2S/c1-15-11(14)8-5-3-2-4-7(8)10-12-6-9(16)13-10/h2-5H,6H2,1H3,(H,12,13,16). The second-order valence-corrected chi connectivity index (χ2v) is 3.74. The minimum Gasteiger partial charge on any atom is -0.465 e. The lowest BCUT2D eigenvalue weighted by Crippen LogP contribution is -2.25. The van der Waals surface area contributed by atoms with E-state index in [1.807, 2.05) is 12.1 Å². The number of nitrogens with one attached hydrogen (secondary N) is 1. The molecule has 1 aromatic rings. The van der Waals surface area contributed by atoms with Crippen LogP contribution >= 0.6 is 12.2 Å². The number of aliphatic imine (C=N–C) groups is 1. The minimum atomic E-state index is -0.377. The van der Waals surface area contributed by atoms with Gasteiger partial charge in [-0.2, -0.15) is 0 Å². The van der Waals surface area contributed by atoms with Crippen molar-refractivity contribution < 1.29 is 9.53 Å². The average Bonchev–Trinajstić information content (AvgIpc) is 2.75. The Kier molecular flexibility index (Phi) is 2.96. The number of hydrogen-bond donors (Lipinski definition) is 1. The van der Waals surface area contributed by atoms with Crippen LogP contribution in [0.3, 0.4) is 0 Å². The van der Waals surface area contributed by atoms with E-state index in [1.165, 1.54) is 7.11 Å². The maximum atomic E-state index is 11.5. The van der Waals surface area contributed by atoms with Crippen LogP contribution < -0.4 is 5.32 Å². The van der Waals surface area contributed by atoms with Crippen LogP contribution in [-0.4, -0.2) is 30.4 Å². The summed E-state index contributed by atoms with van der Waals surface area (Å²) in [5.41, 5.74) is 1.20. The number of hydrogen-bond acceptors (Lipinski definition) is 4. The first kappa shape index (κ1) is 10.8. The Hall–Kier alpha value is -1.75. The number of benzene rings is 1. The van der Waals surface area contributed by atoms with Gasteiger partial charge in [0.05, 0.1) is 19.2 Å². The Labute approximate surface area is 98.3 Å². The molecule has 0 unspecified atom stereocenters. The highest BCUT2D eigenvalue weighted by molar-refractivity contribution is 7.80. The van der Waals surface area contributed by atoms with Gasteiger partial charge in [-0.1, -0.05) is 30.4 Å². The van der Waals surface area contributed by atoms with Gasteiger partial charge in [0.15, 0.2) is 0 Å². The quantitative estimate of drug-likeness (QED) is 0.616. The van der Waals surface area contributed by atoms with Crippen molar-refractivity contribution in [2.45, 2.75) is 0 Å². The van der Waals surface area contributed by atoms with Crippen LogP contribution in [0, 0.1) is 0 Å². The molecule has 1 heterocycles. The second kappa shape index (κ2) is 4.40. The van der Waals surface area contributed by atoms with E-state index in [0.29, 0.717) is 28.5 Å². The van der Waals surface area contributed by atoms with Crippen LogP contribution in [0.5, 0.6) is 0 Å². The topological polar surface area (TPSA) is 50.7 Å². The molecule has 0 saturated carbocycles. The zero-order valence-corrected chi connectivity index (χ0v) is 9.50. The molecule has 16 heavy (non-hydrogen) atoms. The van der Waals surface area contributed by atoms with Crippen molar-refractivity contribution in [1.29, 1.82) is 0 Å². The first-order valence-corrected chi connectivity index (χ1v) is 5.15. The summed E-state index contributed by atoms with van der Waals surface area (Å²) in [7, 11) is 1.35. The van der Waals surface area contributed by atoms with Gasteiger partial charge in [-0.25, -0.2) is 4.79 Å². The third kappa shape index (κ3) is 1.94. The SMILES string of the molecule is COC(=O)c1ccccc1C1=NCC(=S)N1. The molecule has 4 nitrogen and oxygen atoms in total. The average molecular weight is 234 g/mol. The summed E-state index contributed by atoms with van der Waals surface area (Å²) in [6.07, 6.45) is 0. The molecular formula is C11H10N2O2S. The molecule has 0 bridgehead atoms.